The molecule has 2 heterocycles. The summed E-state index contributed by atoms with van der Waals surface area (Å²) in [7, 11) is 0. The molecule has 0 fully saturated rings. The molecule has 0 spiro atoms. The molecule has 2 N–H and O–H groups in total. The number of hydrogen-bond acceptors (Lipinski definition) is 4. The summed E-state index contributed by atoms with van der Waals surface area (Å²) in [4.78, 5) is 6.58. The van der Waals surface area contributed by atoms with Gasteiger partial charge in [-0.15, -0.1) is 0 Å². The third kappa shape index (κ3) is 3.79. The largest absolute Gasteiger partial charge is 0.508 e. The van der Waals surface area contributed by atoms with Crippen molar-refractivity contribution in [1.29, 1.82) is 0 Å². The summed E-state index contributed by atoms with van der Waals surface area (Å²) in [6, 6.07) is 0. The molecule has 28 heavy (non-hydrogen) atoms. The summed E-state index contributed by atoms with van der Waals surface area (Å²) in [5.41, 5.74) is 4.54. The topological polar surface area (TPSA) is 47.9 Å². The van der Waals surface area contributed by atoms with E-state index in [2.05, 4.69) is 42.6 Å². The lowest BCUT2D eigenvalue weighted by molar-refractivity contribution is 0.430. The molecule has 0 radical (unpaired) electrons. The molecule has 2 aliphatic rings. The molecular weight excluding hydrogens is 345 g/mol. The third-order valence-corrected chi connectivity index (χ3v) is 4.41. The molecular formula is C23H26BN3O. The third-order valence-electron chi connectivity index (χ3n) is 4.41. The molecule has 2 rings (SSSR count). The smallest absolute Gasteiger partial charge is 0.415 e. The highest BCUT2D eigenvalue weighted by Gasteiger charge is 2.44. The van der Waals surface area contributed by atoms with Gasteiger partial charge in [0.05, 0.1) is 5.70 Å². The molecule has 4 nitrogen and oxygen atoms in total. The van der Waals surface area contributed by atoms with Crippen LogP contribution < -0.4 is 5.23 Å². The van der Waals surface area contributed by atoms with E-state index in [1.54, 1.807) is 30.5 Å². The van der Waals surface area contributed by atoms with Crippen LogP contribution in [0.4, 0.5) is 0 Å². The highest BCUT2D eigenvalue weighted by Crippen LogP contribution is 2.40. The van der Waals surface area contributed by atoms with Gasteiger partial charge in [-0.25, -0.2) is 4.99 Å². The van der Waals surface area contributed by atoms with Crippen LogP contribution in [0.3, 0.4) is 0 Å². The van der Waals surface area contributed by atoms with Crippen LogP contribution in [0.1, 0.15) is 13.8 Å². The van der Waals surface area contributed by atoms with E-state index in [-0.39, 0.29) is 12.7 Å². The van der Waals surface area contributed by atoms with Crippen molar-refractivity contribution in [2.24, 2.45) is 4.99 Å². The molecule has 0 atom stereocenters. The SMILES string of the molecule is C=CC=NC1=C(C=C)NB2C(=C/C=C\C)/C(=C\C)C(C=C)=C(/C=C(/O)C=C)N21. The van der Waals surface area contributed by atoms with Crippen molar-refractivity contribution in [2.75, 3.05) is 0 Å². The monoisotopic (exact) mass is 371 g/mol. The fraction of sp³-hybridized carbons (Fsp3) is 0.0870. The van der Waals surface area contributed by atoms with Crippen LogP contribution in [0.25, 0.3) is 0 Å². The van der Waals surface area contributed by atoms with Crippen molar-refractivity contribution in [3.8, 4) is 0 Å². The van der Waals surface area contributed by atoms with E-state index in [0.29, 0.717) is 5.82 Å². The number of aliphatic hydroxyl groups excluding tert-OH is 1. The van der Waals surface area contributed by atoms with Gasteiger partial charge < -0.3 is 15.1 Å². The lowest BCUT2D eigenvalue weighted by Crippen LogP contribution is -2.47. The van der Waals surface area contributed by atoms with E-state index < -0.39 is 0 Å². The van der Waals surface area contributed by atoms with Crippen molar-refractivity contribution in [3.63, 3.8) is 0 Å². The Hall–Kier alpha value is -3.47. The summed E-state index contributed by atoms with van der Waals surface area (Å²) in [5, 5.41) is 13.7. The van der Waals surface area contributed by atoms with Crippen LogP contribution in [0.2, 0.25) is 0 Å². The van der Waals surface area contributed by atoms with E-state index >= 15 is 0 Å². The number of nitrogens with zero attached hydrogens (tertiary/aromatic N) is 2. The predicted molar refractivity (Wildman–Crippen MR) is 121 cm³/mol. The van der Waals surface area contributed by atoms with Crippen LogP contribution in [-0.2, 0) is 0 Å². The van der Waals surface area contributed by atoms with Crippen molar-refractivity contribution < 1.29 is 5.11 Å². The van der Waals surface area contributed by atoms with Crippen molar-refractivity contribution >= 4 is 13.2 Å². The second-order valence-corrected chi connectivity index (χ2v) is 6.00. The van der Waals surface area contributed by atoms with Crippen LogP contribution in [0.5, 0.6) is 0 Å². The summed E-state index contributed by atoms with van der Waals surface area (Å²) in [5.74, 6) is 0.743. The molecule has 0 aromatic heterocycles. The quantitative estimate of drug-likeness (QED) is 0.285. The summed E-state index contributed by atoms with van der Waals surface area (Å²) < 4.78 is 0. The minimum Gasteiger partial charge on any atom is -0.508 e. The minimum atomic E-state index is -0.208. The van der Waals surface area contributed by atoms with Gasteiger partial charge in [-0.05, 0) is 37.0 Å². The molecule has 0 amide bonds. The average molecular weight is 371 g/mol. The molecule has 2 aliphatic heterocycles. The van der Waals surface area contributed by atoms with Gasteiger partial charge in [-0.1, -0.05) is 62.8 Å². The number of allylic oxidation sites excluding steroid dienone is 12. The fourth-order valence-corrected chi connectivity index (χ4v) is 3.24. The Bertz CT molecular complexity index is 910. The van der Waals surface area contributed by atoms with Gasteiger partial charge in [0.15, 0.2) is 0 Å². The van der Waals surface area contributed by atoms with Crippen molar-refractivity contribution in [3.05, 3.63) is 121 Å². The second kappa shape index (κ2) is 9.46. The Balaban J connectivity index is 2.89. The maximum absolute atomic E-state index is 10.2. The van der Waals surface area contributed by atoms with Crippen LogP contribution in [-0.4, -0.2) is 23.1 Å². The molecule has 0 saturated carbocycles. The standard InChI is InChI=1S/C23H26BN3O/c1-7-13-14-20-18(10-4)19(11-5)22(16-17(28)9-3)27-23(25-15-8-2)21(12-6)26-24(20)27/h7-16,26,28H,2-3,5-6H2,1,4H3/b13-7-,17-16+,18-10-,20-14+,25-15?. The number of aliphatic imine (C=N–C) groups is 1. The first-order valence-electron chi connectivity index (χ1n) is 9.05. The molecule has 0 aromatic rings. The van der Waals surface area contributed by atoms with Crippen LogP contribution in [0, 0.1) is 0 Å². The molecule has 0 aromatic carbocycles. The second-order valence-electron chi connectivity index (χ2n) is 6.00. The Morgan fingerprint density at radius 2 is 1.93 bits per heavy atom. The number of rotatable bonds is 7. The number of nitrogens with one attached hydrogen (secondary N) is 1. The van der Waals surface area contributed by atoms with E-state index in [4.69, 9.17) is 0 Å². The minimum absolute atomic E-state index is 0.0588. The Labute approximate surface area is 168 Å². The fourth-order valence-electron chi connectivity index (χ4n) is 3.24. The van der Waals surface area contributed by atoms with E-state index in [1.807, 2.05) is 36.9 Å². The Kier molecular flexibility index (Phi) is 7.05. The van der Waals surface area contributed by atoms with E-state index in [1.165, 1.54) is 6.08 Å². The maximum Gasteiger partial charge on any atom is 0.415 e. The molecule has 0 saturated heterocycles. The van der Waals surface area contributed by atoms with E-state index in [9.17, 15) is 5.11 Å². The number of aliphatic hydroxyl groups is 1. The number of hydrogen-bond donors (Lipinski definition) is 2. The molecule has 0 aliphatic carbocycles. The van der Waals surface area contributed by atoms with Gasteiger partial charge in [-0.2, -0.15) is 0 Å². The zero-order valence-electron chi connectivity index (χ0n) is 16.5. The summed E-state index contributed by atoms with van der Waals surface area (Å²) in [6.45, 7) is 19.0. The molecule has 142 valence electrons. The van der Waals surface area contributed by atoms with Gasteiger partial charge in [0.2, 0.25) is 0 Å². The zero-order chi connectivity index (χ0) is 20.7. The van der Waals surface area contributed by atoms with Crippen LogP contribution >= 0.6 is 0 Å². The van der Waals surface area contributed by atoms with Gasteiger partial charge in [0.25, 0.3) is 0 Å². The lowest BCUT2D eigenvalue weighted by Gasteiger charge is -2.35. The molecule has 0 unspecified atom stereocenters. The highest BCUT2D eigenvalue weighted by atomic mass is 16.3. The van der Waals surface area contributed by atoms with Crippen LogP contribution in [0.15, 0.2) is 126 Å². The average Bonchev–Trinajstić information content (AvgIpc) is 3.08. The summed E-state index contributed by atoms with van der Waals surface area (Å²) in [6.07, 6.45) is 17.9. The highest BCUT2D eigenvalue weighted by molar-refractivity contribution is 6.66. The van der Waals surface area contributed by atoms with Gasteiger partial charge in [0.1, 0.15) is 11.6 Å². The first kappa shape index (κ1) is 20.8. The first-order chi connectivity index (χ1) is 13.6. The molecule has 5 heteroatoms. The van der Waals surface area contributed by atoms with E-state index in [0.717, 1.165) is 28.0 Å². The van der Waals surface area contributed by atoms with Gasteiger partial charge in [0, 0.05) is 23.6 Å². The van der Waals surface area contributed by atoms with Gasteiger partial charge >= 0.3 is 6.98 Å². The summed E-state index contributed by atoms with van der Waals surface area (Å²) >= 11 is 0. The first-order valence-corrected chi connectivity index (χ1v) is 9.05. The lowest BCUT2D eigenvalue weighted by atomic mass is 9.58. The van der Waals surface area contributed by atoms with Crippen molar-refractivity contribution in [1.82, 2.24) is 10.0 Å². The molecule has 0 bridgehead atoms. The van der Waals surface area contributed by atoms with Gasteiger partial charge in [-0.3, -0.25) is 0 Å². The Morgan fingerprint density at radius 3 is 2.46 bits per heavy atom. The Morgan fingerprint density at radius 1 is 1.18 bits per heavy atom. The predicted octanol–water partition coefficient (Wildman–Crippen LogP) is 5.06. The number of fused-ring (bicyclic) bond motifs is 1. The normalized spacial score (nSPS) is 20.4. The van der Waals surface area contributed by atoms with Crippen molar-refractivity contribution in [2.45, 2.75) is 13.8 Å². The zero-order valence-corrected chi connectivity index (χ0v) is 16.5. The maximum atomic E-state index is 10.2.